The SMILES string of the molecule is O=CNCCCNC(=O)NCc1cccc(Br)c1. The lowest BCUT2D eigenvalue weighted by atomic mass is 10.2. The fourth-order valence-corrected chi connectivity index (χ4v) is 1.79. The molecule has 1 rings (SSSR count). The van der Waals surface area contributed by atoms with Crippen LogP contribution < -0.4 is 16.0 Å². The van der Waals surface area contributed by atoms with Gasteiger partial charge in [0.15, 0.2) is 0 Å². The van der Waals surface area contributed by atoms with E-state index in [4.69, 9.17) is 0 Å². The predicted molar refractivity (Wildman–Crippen MR) is 73.1 cm³/mol. The molecule has 0 bridgehead atoms. The van der Waals surface area contributed by atoms with E-state index in [0.717, 1.165) is 10.0 Å². The molecule has 0 aliphatic carbocycles. The number of amides is 3. The highest BCUT2D eigenvalue weighted by Gasteiger charge is 1.99. The first-order valence-corrected chi connectivity index (χ1v) is 6.45. The van der Waals surface area contributed by atoms with Gasteiger partial charge in [-0.1, -0.05) is 28.1 Å². The van der Waals surface area contributed by atoms with E-state index >= 15 is 0 Å². The van der Waals surface area contributed by atoms with Crippen molar-refractivity contribution >= 4 is 28.4 Å². The Morgan fingerprint density at radius 2 is 2.11 bits per heavy atom. The minimum absolute atomic E-state index is 0.207. The van der Waals surface area contributed by atoms with Crippen molar-refractivity contribution < 1.29 is 9.59 Å². The molecule has 0 saturated heterocycles. The molecule has 5 nitrogen and oxygen atoms in total. The molecule has 1 aromatic rings. The van der Waals surface area contributed by atoms with Gasteiger partial charge in [0, 0.05) is 24.1 Å². The highest BCUT2D eigenvalue weighted by Crippen LogP contribution is 2.11. The first-order valence-electron chi connectivity index (χ1n) is 5.65. The zero-order valence-corrected chi connectivity index (χ0v) is 11.5. The Bertz CT molecular complexity index is 399. The van der Waals surface area contributed by atoms with Crippen LogP contribution in [0.3, 0.4) is 0 Å². The van der Waals surface area contributed by atoms with E-state index in [2.05, 4.69) is 31.9 Å². The van der Waals surface area contributed by atoms with Crippen LogP contribution in [-0.4, -0.2) is 25.5 Å². The van der Waals surface area contributed by atoms with Crippen LogP contribution in [0.1, 0.15) is 12.0 Å². The van der Waals surface area contributed by atoms with E-state index in [0.29, 0.717) is 32.5 Å². The molecule has 3 N–H and O–H groups in total. The molecule has 0 saturated carbocycles. The number of urea groups is 1. The van der Waals surface area contributed by atoms with Crippen molar-refractivity contribution in [2.24, 2.45) is 0 Å². The molecule has 0 aliphatic heterocycles. The van der Waals surface area contributed by atoms with Gasteiger partial charge in [-0.2, -0.15) is 0 Å². The molecule has 0 radical (unpaired) electrons. The predicted octanol–water partition coefficient (Wildman–Crippen LogP) is 1.38. The average Bonchev–Trinajstić information content (AvgIpc) is 2.36. The first-order chi connectivity index (χ1) is 8.72. The van der Waals surface area contributed by atoms with Crippen molar-refractivity contribution in [2.75, 3.05) is 13.1 Å². The molecular formula is C12H16BrN3O2. The van der Waals surface area contributed by atoms with Gasteiger partial charge in [-0.3, -0.25) is 4.79 Å². The van der Waals surface area contributed by atoms with E-state index < -0.39 is 0 Å². The third kappa shape index (κ3) is 6.24. The fourth-order valence-electron chi connectivity index (χ4n) is 1.34. The number of hydrogen-bond donors (Lipinski definition) is 3. The Morgan fingerprint density at radius 1 is 1.28 bits per heavy atom. The van der Waals surface area contributed by atoms with Gasteiger partial charge in [0.2, 0.25) is 6.41 Å². The minimum Gasteiger partial charge on any atom is -0.359 e. The molecular weight excluding hydrogens is 298 g/mol. The van der Waals surface area contributed by atoms with Crippen LogP contribution >= 0.6 is 15.9 Å². The number of carbonyl (C=O) groups excluding carboxylic acids is 2. The van der Waals surface area contributed by atoms with Crippen molar-refractivity contribution in [3.63, 3.8) is 0 Å². The van der Waals surface area contributed by atoms with Crippen molar-refractivity contribution in [1.82, 2.24) is 16.0 Å². The third-order valence-electron chi connectivity index (χ3n) is 2.21. The van der Waals surface area contributed by atoms with Gasteiger partial charge in [0.25, 0.3) is 0 Å². The minimum atomic E-state index is -0.207. The molecule has 0 aromatic heterocycles. The van der Waals surface area contributed by atoms with Crippen LogP contribution in [0.15, 0.2) is 28.7 Å². The summed E-state index contributed by atoms with van der Waals surface area (Å²) in [6, 6.07) is 7.54. The second-order valence-electron chi connectivity index (χ2n) is 3.66. The summed E-state index contributed by atoms with van der Waals surface area (Å²) in [7, 11) is 0. The molecule has 0 unspecified atom stereocenters. The normalized spacial score (nSPS) is 9.61. The van der Waals surface area contributed by atoms with Crippen molar-refractivity contribution in [3.05, 3.63) is 34.3 Å². The number of benzene rings is 1. The maximum absolute atomic E-state index is 11.4. The number of nitrogens with one attached hydrogen (secondary N) is 3. The standard InChI is InChI=1S/C12H16BrN3O2/c13-11-4-1-3-10(7-11)8-16-12(18)15-6-2-5-14-9-17/h1,3-4,7,9H,2,5-6,8H2,(H,14,17)(H2,15,16,18). The number of hydrogen-bond acceptors (Lipinski definition) is 2. The number of carbonyl (C=O) groups is 2. The van der Waals surface area contributed by atoms with E-state index in [-0.39, 0.29) is 6.03 Å². The Kier molecular flexibility index (Phi) is 6.86. The molecule has 0 aliphatic rings. The molecule has 3 amide bonds. The highest BCUT2D eigenvalue weighted by molar-refractivity contribution is 9.10. The van der Waals surface area contributed by atoms with Gasteiger partial charge in [0.1, 0.15) is 0 Å². The lowest BCUT2D eigenvalue weighted by Gasteiger charge is -2.07. The Hall–Kier alpha value is -1.56. The van der Waals surface area contributed by atoms with Gasteiger partial charge < -0.3 is 16.0 Å². The summed E-state index contributed by atoms with van der Waals surface area (Å²) in [5, 5.41) is 7.99. The van der Waals surface area contributed by atoms with E-state index in [1.165, 1.54) is 0 Å². The molecule has 0 spiro atoms. The van der Waals surface area contributed by atoms with Crippen LogP contribution in [0.5, 0.6) is 0 Å². The van der Waals surface area contributed by atoms with Crippen LogP contribution in [0.2, 0.25) is 0 Å². The van der Waals surface area contributed by atoms with Gasteiger partial charge in [-0.25, -0.2) is 4.79 Å². The molecule has 0 heterocycles. The largest absolute Gasteiger partial charge is 0.359 e. The average molecular weight is 314 g/mol. The topological polar surface area (TPSA) is 70.2 Å². The zero-order valence-electron chi connectivity index (χ0n) is 9.91. The van der Waals surface area contributed by atoms with E-state index in [1.807, 2.05) is 24.3 Å². The highest BCUT2D eigenvalue weighted by atomic mass is 79.9. The lowest BCUT2D eigenvalue weighted by Crippen LogP contribution is -2.36. The Morgan fingerprint density at radius 3 is 2.83 bits per heavy atom. The van der Waals surface area contributed by atoms with Gasteiger partial charge in [0.05, 0.1) is 0 Å². The summed E-state index contributed by atoms with van der Waals surface area (Å²) >= 11 is 3.37. The summed E-state index contributed by atoms with van der Waals surface area (Å²) < 4.78 is 0.988. The number of rotatable bonds is 7. The molecule has 1 aromatic carbocycles. The number of halogens is 1. The van der Waals surface area contributed by atoms with Gasteiger partial charge in [-0.05, 0) is 24.1 Å². The summed E-state index contributed by atoms with van der Waals surface area (Å²) in [6.45, 7) is 1.58. The molecule has 98 valence electrons. The summed E-state index contributed by atoms with van der Waals surface area (Å²) in [4.78, 5) is 21.4. The van der Waals surface area contributed by atoms with Crippen LogP contribution in [0, 0.1) is 0 Å². The van der Waals surface area contributed by atoms with Crippen LogP contribution in [0.4, 0.5) is 4.79 Å². The summed E-state index contributed by atoms with van der Waals surface area (Å²) in [5.41, 5.74) is 1.03. The van der Waals surface area contributed by atoms with Gasteiger partial charge >= 0.3 is 6.03 Å². The quantitative estimate of drug-likeness (QED) is 0.526. The smallest absolute Gasteiger partial charge is 0.315 e. The van der Waals surface area contributed by atoms with E-state index in [9.17, 15) is 9.59 Å². The van der Waals surface area contributed by atoms with E-state index in [1.54, 1.807) is 0 Å². The zero-order chi connectivity index (χ0) is 13.2. The fraction of sp³-hybridized carbons (Fsp3) is 0.333. The maximum atomic E-state index is 11.4. The first kappa shape index (κ1) is 14.5. The monoisotopic (exact) mass is 313 g/mol. The van der Waals surface area contributed by atoms with Crippen molar-refractivity contribution in [2.45, 2.75) is 13.0 Å². The maximum Gasteiger partial charge on any atom is 0.315 e. The Balaban J connectivity index is 2.15. The second kappa shape index (κ2) is 8.52. The molecule has 6 heteroatoms. The van der Waals surface area contributed by atoms with Gasteiger partial charge in [-0.15, -0.1) is 0 Å². The molecule has 18 heavy (non-hydrogen) atoms. The summed E-state index contributed by atoms with van der Waals surface area (Å²) in [6.07, 6.45) is 1.36. The summed E-state index contributed by atoms with van der Waals surface area (Å²) in [5.74, 6) is 0. The van der Waals surface area contributed by atoms with Crippen LogP contribution in [0.25, 0.3) is 0 Å². The third-order valence-corrected chi connectivity index (χ3v) is 2.70. The van der Waals surface area contributed by atoms with Crippen molar-refractivity contribution in [1.29, 1.82) is 0 Å². The second-order valence-corrected chi connectivity index (χ2v) is 4.58. The van der Waals surface area contributed by atoms with Crippen LogP contribution in [-0.2, 0) is 11.3 Å². The molecule has 0 fully saturated rings. The molecule has 0 atom stereocenters. The van der Waals surface area contributed by atoms with Crippen molar-refractivity contribution in [3.8, 4) is 0 Å². The lowest BCUT2D eigenvalue weighted by molar-refractivity contribution is -0.109. The Labute approximate surface area is 114 Å².